The second-order valence-corrected chi connectivity index (χ2v) is 4.39. The summed E-state index contributed by atoms with van der Waals surface area (Å²) in [6.07, 6.45) is 2.83. The van der Waals surface area contributed by atoms with E-state index >= 15 is 0 Å². The van der Waals surface area contributed by atoms with Crippen molar-refractivity contribution in [2.24, 2.45) is 0 Å². The van der Waals surface area contributed by atoms with Gasteiger partial charge < -0.3 is 4.90 Å². The van der Waals surface area contributed by atoms with E-state index in [2.05, 4.69) is 4.98 Å². The Morgan fingerprint density at radius 1 is 1.48 bits per heavy atom. The summed E-state index contributed by atoms with van der Waals surface area (Å²) < 4.78 is 1.31. The lowest BCUT2D eigenvalue weighted by atomic mass is 10.1. The van der Waals surface area contributed by atoms with Crippen molar-refractivity contribution >= 4 is 11.6 Å². The molecule has 0 radical (unpaired) electrons. The summed E-state index contributed by atoms with van der Waals surface area (Å²) in [5.74, 6) is -0.305. The Morgan fingerprint density at radius 2 is 2.19 bits per heavy atom. The lowest BCUT2D eigenvalue weighted by Gasteiger charge is -2.11. The van der Waals surface area contributed by atoms with Crippen LogP contribution in [0, 0.1) is 21.4 Å². The van der Waals surface area contributed by atoms with E-state index in [1.54, 1.807) is 14.1 Å². The molecule has 106 valence electrons. The Balaban J connectivity index is 2.61. The predicted molar refractivity (Wildman–Crippen MR) is 73.0 cm³/mol. The number of rotatable bonds is 3. The third-order valence-corrected chi connectivity index (χ3v) is 2.83. The molecule has 0 aliphatic carbocycles. The molecule has 0 bridgehead atoms. The van der Waals surface area contributed by atoms with E-state index in [1.807, 2.05) is 6.07 Å². The smallest absolute Gasteiger partial charge is 0.294 e. The van der Waals surface area contributed by atoms with Gasteiger partial charge in [-0.2, -0.15) is 5.26 Å². The van der Waals surface area contributed by atoms with Crippen LogP contribution >= 0.6 is 0 Å². The summed E-state index contributed by atoms with van der Waals surface area (Å²) in [6.45, 7) is 0. The number of amides is 1. The highest BCUT2D eigenvalue weighted by molar-refractivity contribution is 5.95. The third kappa shape index (κ3) is 2.57. The molecule has 8 nitrogen and oxygen atoms in total. The van der Waals surface area contributed by atoms with Crippen molar-refractivity contribution in [1.82, 2.24) is 14.5 Å². The molecule has 1 aromatic heterocycles. The first-order chi connectivity index (χ1) is 9.95. The average molecular weight is 285 g/mol. The van der Waals surface area contributed by atoms with Gasteiger partial charge in [-0.3, -0.25) is 19.5 Å². The number of carbonyl (C=O) groups is 1. The van der Waals surface area contributed by atoms with Gasteiger partial charge in [-0.1, -0.05) is 0 Å². The first-order valence-corrected chi connectivity index (χ1v) is 5.89. The number of benzene rings is 1. The van der Waals surface area contributed by atoms with E-state index < -0.39 is 4.92 Å². The summed E-state index contributed by atoms with van der Waals surface area (Å²) in [4.78, 5) is 27.6. The Hall–Kier alpha value is -3.21. The molecule has 0 saturated heterocycles. The Bertz CT molecular complexity index is 757. The standard InChI is InChI=1S/C13H11N5O3/c1-16(2)13(19)9-3-4-10(11(7-9)18(20)21)17-6-5-15-12(17)8-14/h3-7H,1-2H3. The number of carbonyl (C=O) groups excluding carboxylic acids is 1. The van der Waals surface area contributed by atoms with Gasteiger partial charge in [-0.15, -0.1) is 0 Å². The Kier molecular flexibility index (Phi) is 3.67. The molecule has 1 aromatic carbocycles. The fraction of sp³-hybridized carbons (Fsp3) is 0.154. The lowest BCUT2D eigenvalue weighted by Crippen LogP contribution is -2.21. The molecule has 1 heterocycles. The van der Waals surface area contributed by atoms with Crippen LogP contribution in [0.25, 0.3) is 5.69 Å². The largest absolute Gasteiger partial charge is 0.345 e. The van der Waals surface area contributed by atoms with Gasteiger partial charge in [-0.05, 0) is 12.1 Å². The average Bonchev–Trinajstić information content (AvgIpc) is 2.93. The van der Waals surface area contributed by atoms with Crippen LogP contribution in [0.5, 0.6) is 0 Å². The minimum Gasteiger partial charge on any atom is -0.345 e. The Labute approximate surface area is 120 Å². The van der Waals surface area contributed by atoms with Crippen LogP contribution in [-0.4, -0.2) is 39.4 Å². The summed E-state index contributed by atoms with van der Waals surface area (Å²) >= 11 is 0. The van der Waals surface area contributed by atoms with Crippen LogP contribution in [0.3, 0.4) is 0 Å². The molecule has 2 aromatic rings. The molecular weight excluding hydrogens is 274 g/mol. The number of aromatic nitrogens is 2. The molecule has 0 aliphatic heterocycles. The number of hydrogen-bond donors (Lipinski definition) is 0. The van der Waals surface area contributed by atoms with Gasteiger partial charge in [0.1, 0.15) is 11.8 Å². The summed E-state index contributed by atoms with van der Waals surface area (Å²) in [6, 6.07) is 5.95. The molecule has 8 heteroatoms. The van der Waals surface area contributed by atoms with Gasteiger partial charge in [0, 0.05) is 38.1 Å². The van der Waals surface area contributed by atoms with Crippen molar-refractivity contribution in [1.29, 1.82) is 5.26 Å². The van der Waals surface area contributed by atoms with Crippen molar-refractivity contribution in [3.8, 4) is 11.8 Å². The van der Waals surface area contributed by atoms with Crippen LogP contribution < -0.4 is 0 Å². The zero-order valence-electron chi connectivity index (χ0n) is 11.3. The number of nitriles is 1. The van der Waals surface area contributed by atoms with Crippen LogP contribution in [0.2, 0.25) is 0 Å². The van der Waals surface area contributed by atoms with E-state index in [0.717, 1.165) is 0 Å². The van der Waals surface area contributed by atoms with E-state index in [4.69, 9.17) is 5.26 Å². The number of imidazole rings is 1. The minimum atomic E-state index is -0.594. The highest BCUT2D eigenvalue weighted by Crippen LogP contribution is 2.25. The zero-order chi connectivity index (χ0) is 15.6. The van der Waals surface area contributed by atoms with E-state index in [9.17, 15) is 14.9 Å². The summed E-state index contributed by atoms with van der Waals surface area (Å²) in [5.41, 5.74) is 0.121. The van der Waals surface area contributed by atoms with Gasteiger partial charge in [0.2, 0.25) is 5.82 Å². The van der Waals surface area contributed by atoms with Crippen molar-refractivity contribution in [3.63, 3.8) is 0 Å². The van der Waals surface area contributed by atoms with Crippen molar-refractivity contribution in [2.75, 3.05) is 14.1 Å². The maximum Gasteiger partial charge on any atom is 0.294 e. The highest BCUT2D eigenvalue weighted by Gasteiger charge is 2.21. The normalized spacial score (nSPS) is 9.95. The van der Waals surface area contributed by atoms with Gasteiger partial charge in [0.15, 0.2) is 0 Å². The maximum absolute atomic E-state index is 11.9. The van der Waals surface area contributed by atoms with Gasteiger partial charge in [-0.25, -0.2) is 4.98 Å². The number of nitrogens with zero attached hydrogens (tertiary/aromatic N) is 5. The first-order valence-electron chi connectivity index (χ1n) is 5.89. The van der Waals surface area contributed by atoms with Crippen LogP contribution in [0.4, 0.5) is 5.69 Å². The van der Waals surface area contributed by atoms with Gasteiger partial charge in [0.25, 0.3) is 11.6 Å². The first kappa shape index (κ1) is 14.2. The fourth-order valence-corrected chi connectivity index (χ4v) is 1.85. The lowest BCUT2D eigenvalue weighted by molar-refractivity contribution is -0.384. The van der Waals surface area contributed by atoms with Crippen molar-refractivity contribution in [2.45, 2.75) is 0 Å². The maximum atomic E-state index is 11.9. The number of nitro groups is 1. The molecular formula is C13H11N5O3. The molecule has 0 atom stereocenters. The molecule has 2 rings (SSSR count). The topological polar surface area (TPSA) is 105 Å². The molecule has 0 saturated carbocycles. The van der Waals surface area contributed by atoms with Crippen molar-refractivity contribution < 1.29 is 9.72 Å². The second-order valence-electron chi connectivity index (χ2n) is 4.39. The van der Waals surface area contributed by atoms with E-state index in [-0.39, 0.29) is 28.7 Å². The highest BCUT2D eigenvalue weighted by atomic mass is 16.6. The number of hydrogen-bond acceptors (Lipinski definition) is 5. The molecule has 0 aliphatic rings. The van der Waals surface area contributed by atoms with Crippen molar-refractivity contribution in [3.05, 3.63) is 52.1 Å². The molecule has 0 spiro atoms. The van der Waals surface area contributed by atoms with Gasteiger partial charge in [0.05, 0.1) is 4.92 Å². The monoisotopic (exact) mass is 285 g/mol. The van der Waals surface area contributed by atoms with E-state index in [1.165, 1.54) is 40.1 Å². The summed E-state index contributed by atoms with van der Waals surface area (Å²) in [5, 5.41) is 20.2. The van der Waals surface area contributed by atoms with Crippen LogP contribution in [0.15, 0.2) is 30.6 Å². The quantitative estimate of drug-likeness (QED) is 0.625. The second kappa shape index (κ2) is 5.42. The number of nitro benzene ring substituents is 1. The third-order valence-electron chi connectivity index (χ3n) is 2.83. The molecule has 0 unspecified atom stereocenters. The molecule has 21 heavy (non-hydrogen) atoms. The van der Waals surface area contributed by atoms with E-state index in [0.29, 0.717) is 0 Å². The molecule has 1 amide bonds. The zero-order valence-corrected chi connectivity index (χ0v) is 11.3. The minimum absolute atomic E-state index is 0.0322. The molecule has 0 fully saturated rings. The SMILES string of the molecule is CN(C)C(=O)c1ccc(-n2ccnc2C#N)c([N+](=O)[O-])c1. The predicted octanol–water partition coefficient (Wildman–Crippen LogP) is 1.35. The van der Waals surface area contributed by atoms with Crippen LogP contribution in [-0.2, 0) is 0 Å². The van der Waals surface area contributed by atoms with Crippen LogP contribution in [0.1, 0.15) is 16.2 Å². The molecule has 0 N–H and O–H groups in total. The Morgan fingerprint density at radius 3 is 2.76 bits per heavy atom. The summed E-state index contributed by atoms with van der Waals surface area (Å²) in [7, 11) is 3.12. The van der Waals surface area contributed by atoms with Gasteiger partial charge >= 0.3 is 0 Å². The fourth-order valence-electron chi connectivity index (χ4n) is 1.85.